The number of oxazole rings is 2. The van der Waals surface area contributed by atoms with Gasteiger partial charge >= 0.3 is 0 Å². The van der Waals surface area contributed by atoms with Crippen LogP contribution in [0.15, 0.2) is 81.9 Å². The minimum absolute atomic E-state index is 0.104. The van der Waals surface area contributed by atoms with Crippen molar-refractivity contribution in [1.82, 2.24) is 19.9 Å². The van der Waals surface area contributed by atoms with E-state index < -0.39 is 10.8 Å². The fourth-order valence-corrected chi connectivity index (χ4v) is 7.59. The second-order valence-electron chi connectivity index (χ2n) is 15.7. The lowest BCUT2D eigenvalue weighted by molar-refractivity contribution is -0.122. The number of carbonyl (C=O) groups excluding carboxylic acids is 2. The van der Waals surface area contributed by atoms with E-state index in [9.17, 15) is 9.59 Å². The summed E-state index contributed by atoms with van der Waals surface area (Å²) in [6.45, 7) is 15.7. The van der Waals surface area contributed by atoms with Crippen LogP contribution >= 0.6 is 0 Å². The number of rotatable bonds is 5. The minimum atomic E-state index is -0.501. The number of anilines is 2. The Morgan fingerprint density at radius 3 is 1.76 bits per heavy atom. The number of hydrogen-bond donors (Lipinski definition) is 0. The number of hydrogen-bond acceptors (Lipinski definition) is 8. The molecule has 6 heterocycles. The van der Waals surface area contributed by atoms with Gasteiger partial charge in [-0.25, -0.2) is 9.97 Å². The van der Waals surface area contributed by atoms with Crippen molar-refractivity contribution in [2.24, 2.45) is 0 Å². The van der Waals surface area contributed by atoms with Crippen LogP contribution in [0.4, 0.5) is 11.4 Å². The number of aryl methyl sites for hydroxylation is 4. The molecule has 10 heteroatoms. The Morgan fingerprint density at radius 2 is 1.19 bits per heavy atom. The predicted octanol–water partition coefficient (Wildman–Crippen LogP) is 9.08. The van der Waals surface area contributed by atoms with Crippen LogP contribution in [0.2, 0.25) is 0 Å². The van der Waals surface area contributed by atoms with E-state index in [1.165, 1.54) is 0 Å². The smallest absolute Gasteiger partial charge is 0.237 e. The van der Waals surface area contributed by atoms with Crippen LogP contribution in [-0.4, -0.2) is 44.8 Å². The van der Waals surface area contributed by atoms with Gasteiger partial charge in [0.1, 0.15) is 0 Å². The van der Waals surface area contributed by atoms with Crippen LogP contribution in [-0.2, 0) is 20.4 Å². The number of likely N-dealkylation sites (N-methyl/N-ethyl adjacent to an activating group) is 1. The van der Waals surface area contributed by atoms with Crippen LogP contribution in [0.1, 0.15) is 74.4 Å². The largest absolute Gasteiger partial charge is 0.436 e. The number of aromatic nitrogens is 4. The molecule has 6 aromatic rings. The molecule has 0 radical (unpaired) electrons. The van der Waals surface area contributed by atoms with Gasteiger partial charge in [-0.2, -0.15) is 0 Å². The zero-order chi connectivity index (χ0) is 38.3. The minimum Gasteiger partial charge on any atom is -0.436 e. The first-order valence-electron chi connectivity index (χ1n) is 18.4. The molecular formula is C44H44N6O4. The predicted molar refractivity (Wildman–Crippen MR) is 209 cm³/mol. The van der Waals surface area contributed by atoms with E-state index in [4.69, 9.17) is 8.83 Å². The Kier molecular flexibility index (Phi) is 8.21. The van der Waals surface area contributed by atoms with Gasteiger partial charge in [0.2, 0.25) is 23.6 Å². The summed E-state index contributed by atoms with van der Waals surface area (Å²) in [4.78, 5) is 46.9. The van der Waals surface area contributed by atoms with Crippen molar-refractivity contribution in [3.63, 3.8) is 0 Å². The summed E-state index contributed by atoms with van der Waals surface area (Å²) in [6, 6.07) is 20.3. The lowest BCUT2D eigenvalue weighted by Crippen LogP contribution is -2.37. The van der Waals surface area contributed by atoms with Crippen LogP contribution in [0, 0.1) is 27.7 Å². The topological polar surface area (TPSA) is 118 Å². The fraction of sp³-hybridized carbons (Fsp3) is 0.318. The summed E-state index contributed by atoms with van der Waals surface area (Å²) in [7, 11) is 1.82. The monoisotopic (exact) mass is 720 g/mol. The molecule has 2 aromatic carbocycles. The van der Waals surface area contributed by atoms with E-state index in [2.05, 4.69) is 32.1 Å². The zero-order valence-corrected chi connectivity index (χ0v) is 32.2. The molecule has 0 atom stereocenters. The van der Waals surface area contributed by atoms with Crippen molar-refractivity contribution in [1.29, 1.82) is 0 Å². The van der Waals surface area contributed by atoms with Crippen LogP contribution < -0.4 is 9.80 Å². The number of pyridine rings is 2. The van der Waals surface area contributed by atoms with Crippen LogP contribution in [0.25, 0.3) is 45.6 Å². The van der Waals surface area contributed by atoms with Gasteiger partial charge in [-0.3, -0.25) is 19.6 Å². The Morgan fingerprint density at radius 1 is 0.630 bits per heavy atom. The van der Waals surface area contributed by atoms with Crippen molar-refractivity contribution < 1.29 is 18.4 Å². The summed E-state index contributed by atoms with van der Waals surface area (Å²) in [5, 5.41) is 0. The quantitative estimate of drug-likeness (QED) is 0.173. The number of nitrogens with zero attached hydrogens (tertiary/aromatic N) is 6. The van der Waals surface area contributed by atoms with Crippen LogP contribution in [0.3, 0.4) is 0 Å². The Hall–Kier alpha value is -5.90. The summed E-state index contributed by atoms with van der Waals surface area (Å²) < 4.78 is 12.2. The third-order valence-corrected chi connectivity index (χ3v) is 10.9. The first-order valence-corrected chi connectivity index (χ1v) is 18.4. The molecule has 0 unspecified atom stereocenters. The standard InChI is InChI=1S/C23H23N3O2.C21H21N3O2/c1-13-5-6-16(12-24-13)21-25-14(2)20(28-21)15-7-10-18-19(11-15)26(17-8-9-17)22(27)23(18,3)4;1-12-10-15(8-9-22-12)19-23-13(2)18(26-19)14-6-7-16-17(11-14)24(5)20(25)21(16,3)4/h5-7,10-12,17H,8-9H2,1-4H3;6-11H,1-5H3. The molecule has 1 aliphatic carbocycles. The average Bonchev–Trinajstić information content (AvgIpc) is 3.68. The van der Waals surface area contributed by atoms with Crippen molar-refractivity contribution in [2.75, 3.05) is 16.8 Å². The summed E-state index contributed by atoms with van der Waals surface area (Å²) in [5.74, 6) is 2.91. The van der Waals surface area contributed by atoms with E-state index in [0.717, 1.165) is 91.9 Å². The first-order chi connectivity index (χ1) is 25.6. The normalized spacial score (nSPS) is 16.7. The molecule has 0 saturated heterocycles. The maximum Gasteiger partial charge on any atom is 0.237 e. The molecule has 3 aliphatic rings. The fourth-order valence-electron chi connectivity index (χ4n) is 7.59. The summed E-state index contributed by atoms with van der Waals surface area (Å²) in [5.41, 5.74) is 10.2. The second-order valence-corrected chi connectivity index (χ2v) is 15.7. The highest BCUT2D eigenvalue weighted by Gasteiger charge is 2.49. The van der Waals surface area contributed by atoms with Gasteiger partial charge in [-0.05, 0) is 116 Å². The van der Waals surface area contributed by atoms with Crippen molar-refractivity contribution in [3.05, 3.63) is 107 Å². The lowest BCUT2D eigenvalue weighted by Gasteiger charge is -2.19. The highest BCUT2D eigenvalue weighted by atomic mass is 16.4. The van der Waals surface area contributed by atoms with E-state index in [0.29, 0.717) is 17.8 Å². The van der Waals surface area contributed by atoms with Gasteiger partial charge in [0.05, 0.1) is 27.8 Å². The third kappa shape index (κ3) is 5.80. The molecular weight excluding hydrogens is 677 g/mol. The van der Waals surface area contributed by atoms with E-state index in [1.54, 1.807) is 17.3 Å². The van der Waals surface area contributed by atoms with Gasteiger partial charge in [0, 0.05) is 64.9 Å². The highest BCUT2D eigenvalue weighted by molar-refractivity contribution is 6.09. The van der Waals surface area contributed by atoms with Gasteiger partial charge < -0.3 is 18.6 Å². The molecule has 1 fully saturated rings. The van der Waals surface area contributed by atoms with Gasteiger partial charge in [0.15, 0.2) is 11.5 Å². The number of fused-ring (bicyclic) bond motifs is 2. The molecule has 2 aliphatic heterocycles. The first kappa shape index (κ1) is 35.1. The summed E-state index contributed by atoms with van der Waals surface area (Å²) in [6.07, 6.45) is 5.69. The SMILES string of the molecule is Cc1cc(-c2nc(C)c(-c3ccc4c(c3)N(C)C(=O)C4(C)C)o2)ccn1.Cc1ccc(-c2nc(C)c(-c3ccc4c(c3)N(C3CC3)C(=O)C4(C)C)o2)cn1. The van der Waals surface area contributed by atoms with Gasteiger partial charge in [-0.15, -0.1) is 0 Å². The van der Waals surface area contributed by atoms with Crippen molar-refractivity contribution in [3.8, 4) is 45.6 Å². The third-order valence-electron chi connectivity index (χ3n) is 10.9. The summed E-state index contributed by atoms with van der Waals surface area (Å²) >= 11 is 0. The van der Waals surface area contributed by atoms with E-state index in [-0.39, 0.29) is 11.8 Å². The van der Waals surface area contributed by atoms with Crippen molar-refractivity contribution >= 4 is 23.2 Å². The molecule has 274 valence electrons. The van der Waals surface area contributed by atoms with Gasteiger partial charge in [-0.1, -0.05) is 24.3 Å². The Bertz CT molecular complexity index is 2470. The molecule has 4 aromatic heterocycles. The number of benzene rings is 2. The number of amides is 2. The highest BCUT2D eigenvalue weighted by Crippen LogP contribution is 2.48. The molecule has 0 bridgehead atoms. The lowest BCUT2D eigenvalue weighted by atomic mass is 9.85. The maximum absolute atomic E-state index is 13.0. The molecule has 1 saturated carbocycles. The molecule has 10 nitrogen and oxygen atoms in total. The molecule has 0 spiro atoms. The maximum atomic E-state index is 13.0. The molecule has 0 N–H and O–H groups in total. The van der Waals surface area contributed by atoms with E-state index in [1.807, 2.05) is 116 Å². The van der Waals surface area contributed by atoms with Gasteiger partial charge in [0.25, 0.3) is 0 Å². The Labute approximate surface area is 315 Å². The molecule has 2 amide bonds. The van der Waals surface area contributed by atoms with Crippen LogP contribution in [0.5, 0.6) is 0 Å². The Balaban J connectivity index is 0.000000154. The second kappa shape index (κ2) is 12.6. The molecule has 54 heavy (non-hydrogen) atoms. The van der Waals surface area contributed by atoms with Crippen molar-refractivity contribution in [2.45, 2.75) is 85.1 Å². The molecule has 9 rings (SSSR count). The number of carbonyl (C=O) groups is 2. The average molecular weight is 721 g/mol. The van der Waals surface area contributed by atoms with E-state index >= 15 is 0 Å². The zero-order valence-electron chi connectivity index (χ0n) is 32.2.